The van der Waals surface area contributed by atoms with Gasteiger partial charge in [0.05, 0.1) is 6.54 Å². The number of hydrogen-bond acceptors (Lipinski definition) is 3. The molecule has 1 aromatic rings. The molecular formula is C12H14BrN3O2. The zero-order valence-corrected chi connectivity index (χ0v) is 11.4. The number of pyridine rings is 1. The molecule has 0 aromatic carbocycles. The lowest BCUT2D eigenvalue weighted by molar-refractivity contribution is -0.129. The second-order valence-corrected chi connectivity index (χ2v) is 4.93. The fourth-order valence-electron chi connectivity index (χ4n) is 1.86. The van der Waals surface area contributed by atoms with Crippen LogP contribution in [0.3, 0.4) is 0 Å². The van der Waals surface area contributed by atoms with Gasteiger partial charge in [0.1, 0.15) is 10.3 Å². The lowest BCUT2D eigenvalue weighted by atomic mass is 10.3. The lowest BCUT2D eigenvalue weighted by Gasteiger charge is -2.15. The van der Waals surface area contributed by atoms with E-state index in [4.69, 9.17) is 0 Å². The standard InChI is InChI=1S/C12H14BrN3O2/c13-10-5-3-4-9(15-10)12(18)14-8-11(17)16-6-1-2-7-16/h3-5H,1-2,6-8H2,(H,14,18). The lowest BCUT2D eigenvalue weighted by Crippen LogP contribution is -2.38. The predicted molar refractivity (Wildman–Crippen MR) is 70.1 cm³/mol. The molecule has 2 amide bonds. The molecule has 6 heteroatoms. The summed E-state index contributed by atoms with van der Waals surface area (Å²) < 4.78 is 0.598. The van der Waals surface area contributed by atoms with Crippen molar-refractivity contribution in [3.63, 3.8) is 0 Å². The molecule has 1 aliphatic heterocycles. The maximum Gasteiger partial charge on any atom is 0.270 e. The Hall–Kier alpha value is -1.43. The molecule has 0 radical (unpaired) electrons. The fourth-order valence-corrected chi connectivity index (χ4v) is 2.20. The van der Waals surface area contributed by atoms with E-state index in [0.717, 1.165) is 25.9 Å². The van der Waals surface area contributed by atoms with Gasteiger partial charge in [-0.2, -0.15) is 0 Å². The van der Waals surface area contributed by atoms with Crippen molar-refractivity contribution in [2.24, 2.45) is 0 Å². The molecule has 0 atom stereocenters. The van der Waals surface area contributed by atoms with Gasteiger partial charge >= 0.3 is 0 Å². The van der Waals surface area contributed by atoms with Crippen LogP contribution >= 0.6 is 15.9 Å². The highest BCUT2D eigenvalue weighted by Crippen LogP contribution is 2.08. The van der Waals surface area contributed by atoms with E-state index in [0.29, 0.717) is 10.3 Å². The largest absolute Gasteiger partial charge is 0.342 e. The van der Waals surface area contributed by atoms with Crippen LogP contribution in [-0.2, 0) is 4.79 Å². The number of rotatable bonds is 3. The Balaban J connectivity index is 1.86. The smallest absolute Gasteiger partial charge is 0.270 e. The maximum absolute atomic E-state index is 11.8. The van der Waals surface area contributed by atoms with Crippen LogP contribution in [0.15, 0.2) is 22.8 Å². The monoisotopic (exact) mass is 311 g/mol. The summed E-state index contributed by atoms with van der Waals surface area (Å²) >= 11 is 3.20. The summed E-state index contributed by atoms with van der Waals surface area (Å²) in [7, 11) is 0. The van der Waals surface area contributed by atoms with Gasteiger partial charge in [-0.3, -0.25) is 9.59 Å². The highest BCUT2D eigenvalue weighted by Gasteiger charge is 2.18. The Morgan fingerprint density at radius 2 is 2.06 bits per heavy atom. The van der Waals surface area contributed by atoms with E-state index in [-0.39, 0.29) is 18.4 Å². The van der Waals surface area contributed by atoms with E-state index >= 15 is 0 Å². The van der Waals surface area contributed by atoms with Crippen molar-refractivity contribution < 1.29 is 9.59 Å². The van der Waals surface area contributed by atoms with Crippen LogP contribution in [0.2, 0.25) is 0 Å². The molecule has 18 heavy (non-hydrogen) atoms. The first-order valence-corrected chi connectivity index (χ1v) is 6.64. The summed E-state index contributed by atoms with van der Waals surface area (Å²) in [6.45, 7) is 1.63. The fraction of sp³-hybridized carbons (Fsp3) is 0.417. The van der Waals surface area contributed by atoms with Gasteiger partial charge in [0, 0.05) is 13.1 Å². The molecule has 1 fully saturated rings. The van der Waals surface area contributed by atoms with Crippen molar-refractivity contribution in [2.45, 2.75) is 12.8 Å². The number of amides is 2. The van der Waals surface area contributed by atoms with Crippen molar-refractivity contribution in [3.05, 3.63) is 28.5 Å². The molecule has 1 saturated heterocycles. The Morgan fingerprint density at radius 1 is 1.33 bits per heavy atom. The highest BCUT2D eigenvalue weighted by molar-refractivity contribution is 9.10. The number of carbonyl (C=O) groups excluding carboxylic acids is 2. The van der Waals surface area contributed by atoms with Crippen LogP contribution < -0.4 is 5.32 Å². The molecule has 2 rings (SSSR count). The summed E-state index contributed by atoms with van der Waals surface area (Å²) in [6.07, 6.45) is 2.10. The van der Waals surface area contributed by atoms with Crippen LogP contribution in [0, 0.1) is 0 Å². The normalized spacial score (nSPS) is 14.6. The topological polar surface area (TPSA) is 62.3 Å². The van der Waals surface area contributed by atoms with E-state index in [1.54, 1.807) is 23.1 Å². The predicted octanol–water partition coefficient (Wildman–Crippen LogP) is 1.20. The average molecular weight is 312 g/mol. The zero-order valence-electron chi connectivity index (χ0n) is 9.86. The number of hydrogen-bond donors (Lipinski definition) is 1. The third-order valence-electron chi connectivity index (χ3n) is 2.81. The van der Waals surface area contributed by atoms with Crippen LogP contribution in [0.5, 0.6) is 0 Å². The second kappa shape index (κ2) is 5.95. The van der Waals surface area contributed by atoms with Crippen molar-refractivity contribution in [1.29, 1.82) is 0 Å². The average Bonchev–Trinajstić information content (AvgIpc) is 2.89. The van der Waals surface area contributed by atoms with Crippen molar-refractivity contribution in [2.75, 3.05) is 19.6 Å². The summed E-state index contributed by atoms with van der Waals surface area (Å²) in [4.78, 5) is 29.3. The number of nitrogens with one attached hydrogen (secondary N) is 1. The molecule has 96 valence electrons. The first kappa shape index (κ1) is 13.0. The molecule has 5 nitrogen and oxygen atoms in total. The molecule has 0 bridgehead atoms. The van der Waals surface area contributed by atoms with E-state index in [1.807, 2.05) is 0 Å². The molecule has 0 aliphatic carbocycles. The molecule has 0 unspecified atom stereocenters. The summed E-state index contributed by atoms with van der Waals surface area (Å²) in [5.74, 6) is -0.361. The maximum atomic E-state index is 11.8. The van der Waals surface area contributed by atoms with Crippen molar-refractivity contribution in [3.8, 4) is 0 Å². The zero-order chi connectivity index (χ0) is 13.0. The first-order valence-electron chi connectivity index (χ1n) is 5.85. The molecule has 0 spiro atoms. The van der Waals surface area contributed by atoms with E-state index in [9.17, 15) is 9.59 Å². The van der Waals surface area contributed by atoms with Gasteiger partial charge in [-0.05, 0) is 40.9 Å². The Bertz CT molecular complexity index is 458. The molecule has 1 aromatic heterocycles. The van der Waals surface area contributed by atoms with E-state index in [2.05, 4.69) is 26.2 Å². The number of aromatic nitrogens is 1. The van der Waals surface area contributed by atoms with Crippen LogP contribution in [0.1, 0.15) is 23.3 Å². The second-order valence-electron chi connectivity index (χ2n) is 4.12. The summed E-state index contributed by atoms with van der Waals surface area (Å²) in [6, 6.07) is 5.08. The highest BCUT2D eigenvalue weighted by atomic mass is 79.9. The molecular weight excluding hydrogens is 298 g/mol. The number of halogens is 1. The van der Waals surface area contributed by atoms with Gasteiger partial charge in [-0.15, -0.1) is 0 Å². The van der Waals surface area contributed by atoms with Gasteiger partial charge in [0.2, 0.25) is 5.91 Å². The SMILES string of the molecule is O=C(NCC(=O)N1CCCC1)c1cccc(Br)n1. The Kier molecular flexibility index (Phi) is 4.30. The van der Waals surface area contributed by atoms with Crippen LogP contribution in [0.4, 0.5) is 0 Å². The third kappa shape index (κ3) is 3.29. The van der Waals surface area contributed by atoms with E-state index < -0.39 is 0 Å². The minimum Gasteiger partial charge on any atom is -0.342 e. The third-order valence-corrected chi connectivity index (χ3v) is 3.25. The molecule has 0 saturated carbocycles. The molecule has 1 aliphatic rings. The van der Waals surface area contributed by atoms with Crippen molar-refractivity contribution >= 4 is 27.7 Å². The minimum atomic E-state index is -0.330. The Labute approximate surface area is 114 Å². The van der Waals surface area contributed by atoms with E-state index in [1.165, 1.54) is 0 Å². The quantitative estimate of drug-likeness (QED) is 0.853. The minimum absolute atomic E-state index is 0.0316. The summed E-state index contributed by atoms with van der Waals surface area (Å²) in [5, 5.41) is 2.59. The van der Waals surface area contributed by atoms with Crippen molar-refractivity contribution in [1.82, 2.24) is 15.2 Å². The summed E-state index contributed by atoms with van der Waals surface area (Å²) in [5.41, 5.74) is 0.304. The van der Waals surface area contributed by atoms with Gasteiger partial charge in [-0.1, -0.05) is 6.07 Å². The van der Waals surface area contributed by atoms with Crippen LogP contribution in [-0.4, -0.2) is 41.3 Å². The number of nitrogens with zero attached hydrogens (tertiary/aromatic N) is 2. The molecule has 2 heterocycles. The number of carbonyl (C=O) groups is 2. The van der Waals surface area contributed by atoms with Crippen LogP contribution in [0.25, 0.3) is 0 Å². The van der Waals surface area contributed by atoms with Gasteiger partial charge in [-0.25, -0.2) is 4.98 Å². The van der Waals surface area contributed by atoms with Gasteiger partial charge in [0.15, 0.2) is 0 Å². The first-order chi connectivity index (χ1) is 8.66. The molecule has 1 N–H and O–H groups in total. The van der Waals surface area contributed by atoms with Gasteiger partial charge < -0.3 is 10.2 Å². The Morgan fingerprint density at radius 3 is 2.72 bits per heavy atom. The number of likely N-dealkylation sites (tertiary alicyclic amines) is 1. The van der Waals surface area contributed by atoms with Gasteiger partial charge in [0.25, 0.3) is 5.91 Å².